The number of aliphatic hydroxyl groups excluding tert-OH is 1. The van der Waals surface area contributed by atoms with E-state index in [-0.39, 0.29) is 18.6 Å². The summed E-state index contributed by atoms with van der Waals surface area (Å²) in [6.45, 7) is 2.08. The van der Waals surface area contributed by atoms with Gasteiger partial charge in [-0.3, -0.25) is 9.48 Å². The van der Waals surface area contributed by atoms with Crippen molar-refractivity contribution in [1.29, 1.82) is 5.26 Å². The first kappa shape index (κ1) is 20.6. The molecule has 0 bridgehead atoms. The molecule has 1 aliphatic heterocycles. The number of hydrogen-bond acceptors (Lipinski definition) is 6. The average Bonchev–Trinajstić information content (AvgIpc) is 3.37. The maximum atomic E-state index is 13.4. The van der Waals surface area contributed by atoms with Gasteiger partial charge in [0.25, 0.3) is 5.91 Å². The number of rotatable bonds is 4. The summed E-state index contributed by atoms with van der Waals surface area (Å²) in [5.74, 6) is -0.188. The molecule has 8 nitrogen and oxygen atoms in total. The van der Waals surface area contributed by atoms with Gasteiger partial charge in [0.15, 0.2) is 0 Å². The second-order valence-electron chi connectivity index (χ2n) is 7.59. The Morgan fingerprint density at radius 3 is 2.87 bits per heavy atom. The molecule has 0 aliphatic carbocycles. The van der Waals surface area contributed by atoms with Crippen LogP contribution in [-0.2, 0) is 11.9 Å². The highest BCUT2D eigenvalue weighted by Gasteiger charge is 2.34. The Morgan fingerprint density at radius 2 is 2.16 bits per heavy atom. The molecular formula is C23H23N5O3. The van der Waals surface area contributed by atoms with Crippen molar-refractivity contribution in [2.24, 2.45) is 12.2 Å². The maximum absolute atomic E-state index is 13.4. The zero-order valence-corrected chi connectivity index (χ0v) is 17.7. The largest absolute Gasteiger partial charge is 0.399 e. The normalized spacial score (nSPS) is 17.3. The van der Waals surface area contributed by atoms with Gasteiger partial charge in [0.05, 0.1) is 53.8 Å². The zero-order valence-electron chi connectivity index (χ0n) is 17.7. The summed E-state index contributed by atoms with van der Waals surface area (Å²) in [5, 5.41) is 28.3. The number of nitriles is 1. The van der Waals surface area contributed by atoms with E-state index in [1.54, 1.807) is 27.9 Å². The van der Waals surface area contributed by atoms with Crippen LogP contribution in [-0.4, -0.2) is 57.7 Å². The number of fused-ring (bicyclic) bond motifs is 1. The molecule has 8 heteroatoms. The quantitative estimate of drug-likeness (QED) is 0.657. The van der Waals surface area contributed by atoms with Crippen LogP contribution in [0.4, 0.5) is 0 Å². The number of nitrogens with zero attached hydrogens (tertiary/aromatic N) is 5. The monoisotopic (exact) mass is 417 g/mol. The van der Waals surface area contributed by atoms with Gasteiger partial charge in [-0.1, -0.05) is 23.4 Å². The number of carbonyl (C=O) groups excluding carboxylic acids is 1. The Balaban J connectivity index is 1.83. The van der Waals surface area contributed by atoms with E-state index in [2.05, 4.69) is 16.3 Å². The first-order valence-corrected chi connectivity index (χ1v) is 9.95. The molecule has 4 rings (SSSR count). The van der Waals surface area contributed by atoms with Crippen molar-refractivity contribution >= 4 is 22.5 Å². The highest BCUT2D eigenvalue weighted by molar-refractivity contribution is 6.11. The molecule has 0 spiro atoms. The van der Waals surface area contributed by atoms with Crippen LogP contribution in [0.15, 0.2) is 41.7 Å². The van der Waals surface area contributed by atoms with Crippen LogP contribution in [0.3, 0.4) is 0 Å². The summed E-state index contributed by atoms with van der Waals surface area (Å²) in [6.07, 6.45) is 2.16. The molecule has 1 saturated heterocycles. The van der Waals surface area contributed by atoms with Gasteiger partial charge >= 0.3 is 0 Å². The van der Waals surface area contributed by atoms with Gasteiger partial charge in [0.2, 0.25) is 0 Å². The first-order valence-electron chi connectivity index (χ1n) is 9.95. The predicted molar refractivity (Wildman–Crippen MR) is 117 cm³/mol. The van der Waals surface area contributed by atoms with Crippen molar-refractivity contribution in [3.8, 4) is 17.2 Å². The maximum Gasteiger partial charge on any atom is 0.255 e. The lowest BCUT2D eigenvalue weighted by atomic mass is 9.94. The highest BCUT2D eigenvalue weighted by atomic mass is 16.6. The van der Waals surface area contributed by atoms with Crippen LogP contribution in [0.1, 0.15) is 27.9 Å². The van der Waals surface area contributed by atoms with Crippen LogP contribution < -0.4 is 0 Å². The summed E-state index contributed by atoms with van der Waals surface area (Å²) in [5.41, 5.74) is 5.37. The van der Waals surface area contributed by atoms with E-state index in [1.165, 1.54) is 7.11 Å². The van der Waals surface area contributed by atoms with Crippen LogP contribution in [0.25, 0.3) is 22.0 Å². The van der Waals surface area contributed by atoms with Crippen molar-refractivity contribution in [2.75, 3.05) is 20.3 Å². The second kappa shape index (κ2) is 8.20. The lowest BCUT2D eigenvalue weighted by Gasteiger charge is -2.23. The fourth-order valence-electron chi connectivity index (χ4n) is 4.26. The van der Waals surface area contributed by atoms with Crippen LogP contribution in [0.2, 0.25) is 0 Å². The molecule has 1 aliphatic rings. The lowest BCUT2D eigenvalue weighted by Crippen LogP contribution is -2.37. The number of aliphatic hydroxyl groups is 1. The zero-order chi connectivity index (χ0) is 22.1. The summed E-state index contributed by atoms with van der Waals surface area (Å²) in [7, 11) is 3.30. The standard InChI is InChI=1S/C23H23N5O3/c1-14-15(10-24)5-4-6-18(14)19-7-8-20(21-11-25-27(2)22(19)21)23(30)28-12-16(26-31-3)9-17(28)13-29/h4-8,11,17,29H,9,12-13H2,1-3H3/b26-16-/t17-/m0/s1. The Bertz CT molecular complexity index is 1240. The minimum Gasteiger partial charge on any atom is -0.399 e. The summed E-state index contributed by atoms with van der Waals surface area (Å²) < 4.78 is 1.74. The van der Waals surface area contributed by atoms with Gasteiger partial charge in [-0.25, -0.2) is 0 Å². The number of hydrogen-bond donors (Lipinski definition) is 1. The smallest absolute Gasteiger partial charge is 0.255 e. The molecule has 3 aromatic rings. The van der Waals surface area contributed by atoms with Crippen LogP contribution in [0, 0.1) is 18.3 Å². The van der Waals surface area contributed by atoms with E-state index in [0.717, 1.165) is 33.3 Å². The topological polar surface area (TPSA) is 104 Å². The fourth-order valence-corrected chi connectivity index (χ4v) is 4.26. The molecular weight excluding hydrogens is 394 g/mol. The SMILES string of the molecule is CO/N=C1/C[C@@H](CO)N(C(=O)c2ccc(-c3cccc(C#N)c3C)c3c2cnn3C)C1. The van der Waals surface area contributed by atoms with Crippen molar-refractivity contribution in [1.82, 2.24) is 14.7 Å². The third-order valence-corrected chi connectivity index (χ3v) is 5.83. The average molecular weight is 417 g/mol. The van der Waals surface area contributed by atoms with E-state index in [4.69, 9.17) is 4.84 Å². The van der Waals surface area contributed by atoms with E-state index >= 15 is 0 Å². The van der Waals surface area contributed by atoms with Crippen molar-refractivity contribution in [3.63, 3.8) is 0 Å². The molecule has 31 heavy (non-hydrogen) atoms. The van der Waals surface area contributed by atoms with Crippen LogP contribution >= 0.6 is 0 Å². The number of aryl methyl sites for hydroxylation is 1. The van der Waals surface area contributed by atoms with Crippen molar-refractivity contribution in [3.05, 3.63) is 53.2 Å². The molecule has 0 unspecified atom stereocenters. The minimum absolute atomic E-state index is 0.150. The Kier molecular flexibility index (Phi) is 5.44. The van der Waals surface area contributed by atoms with Crippen molar-refractivity contribution < 1.29 is 14.7 Å². The minimum atomic E-state index is -0.345. The van der Waals surface area contributed by atoms with Gasteiger partial charge in [-0.05, 0) is 30.2 Å². The van der Waals surface area contributed by atoms with Gasteiger partial charge < -0.3 is 14.8 Å². The van der Waals surface area contributed by atoms with E-state index in [1.807, 2.05) is 32.2 Å². The fraction of sp³-hybridized carbons (Fsp3) is 0.304. The Hall–Kier alpha value is -3.70. The van der Waals surface area contributed by atoms with Gasteiger partial charge in [-0.2, -0.15) is 10.4 Å². The molecule has 2 heterocycles. The summed E-state index contributed by atoms with van der Waals surface area (Å²) >= 11 is 0. The molecule has 1 amide bonds. The molecule has 0 saturated carbocycles. The van der Waals surface area contributed by atoms with Crippen molar-refractivity contribution in [2.45, 2.75) is 19.4 Å². The number of likely N-dealkylation sites (tertiary alicyclic amines) is 1. The molecule has 2 aromatic carbocycles. The van der Waals surface area contributed by atoms with Crippen LogP contribution in [0.5, 0.6) is 0 Å². The highest BCUT2D eigenvalue weighted by Crippen LogP contribution is 2.34. The Morgan fingerprint density at radius 1 is 1.35 bits per heavy atom. The molecule has 1 fully saturated rings. The summed E-state index contributed by atoms with van der Waals surface area (Å²) in [4.78, 5) is 19.9. The number of aromatic nitrogens is 2. The van der Waals surface area contributed by atoms with Gasteiger partial charge in [-0.15, -0.1) is 0 Å². The lowest BCUT2D eigenvalue weighted by molar-refractivity contribution is 0.0682. The van der Waals surface area contributed by atoms with Gasteiger partial charge in [0, 0.05) is 24.4 Å². The molecule has 1 aromatic heterocycles. The number of carbonyl (C=O) groups is 1. The number of benzene rings is 2. The summed E-state index contributed by atoms with van der Waals surface area (Å²) in [6, 6.07) is 11.2. The third kappa shape index (κ3) is 3.43. The Labute approximate surface area is 179 Å². The second-order valence-corrected chi connectivity index (χ2v) is 7.59. The first-order chi connectivity index (χ1) is 15.0. The predicted octanol–water partition coefficient (Wildman–Crippen LogP) is 2.63. The molecule has 158 valence electrons. The molecule has 1 atom stereocenters. The molecule has 1 N–H and O–H groups in total. The van der Waals surface area contributed by atoms with Gasteiger partial charge in [0.1, 0.15) is 7.11 Å². The van der Waals surface area contributed by atoms with E-state index in [0.29, 0.717) is 24.1 Å². The van der Waals surface area contributed by atoms with E-state index < -0.39 is 0 Å². The molecule has 0 radical (unpaired) electrons. The number of oxime groups is 1. The third-order valence-electron chi connectivity index (χ3n) is 5.83. The number of amides is 1. The van der Waals surface area contributed by atoms with E-state index in [9.17, 15) is 15.2 Å².